The van der Waals surface area contributed by atoms with Gasteiger partial charge >= 0.3 is 6.16 Å². The zero-order valence-corrected chi connectivity index (χ0v) is 20.0. The maximum absolute atomic E-state index is 14.0. The van der Waals surface area contributed by atoms with Crippen molar-refractivity contribution in [1.82, 2.24) is 14.7 Å². The third kappa shape index (κ3) is 4.46. The van der Waals surface area contributed by atoms with Gasteiger partial charge in [-0.15, -0.1) is 0 Å². The lowest BCUT2D eigenvalue weighted by Crippen LogP contribution is -2.37. The molecule has 2 heterocycles. The standard InChI is InChI=1S/C27H23F2N3O5/c1-14-6-3-7-16-17(14)12-22(37-27(34)35)23(16)31-26(33)24-15(2)30-25-21(10-5-11-32(24)25)36-13-18-19(28)8-4-9-20(18)29/h3-11,22-23H,12-13H2,1-2H3,(H,31,33)(H,34,35)/t22-,23+/m1/s1. The minimum Gasteiger partial charge on any atom is -0.485 e. The molecule has 190 valence electrons. The second-order valence-corrected chi connectivity index (χ2v) is 8.82. The maximum atomic E-state index is 14.0. The summed E-state index contributed by atoms with van der Waals surface area (Å²) < 4.78 is 40.4. The predicted molar refractivity (Wildman–Crippen MR) is 129 cm³/mol. The van der Waals surface area contributed by atoms with Gasteiger partial charge in [-0.1, -0.05) is 24.3 Å². The predicted octanol–water partition coefficient (Wildman–Crippen LogP) is 4.90. The van der Waals surface area contributed by atoms with E-state index in [0.29, 0.717) is 17.8 Å². The second-order valence-electron chi connectivity index (χ2n) is 8.82. The smallest absolute Gasteiger partial charge is 0.485 e. The van der Waals surface area contributed by atoms with E-state index < -0.39 is 35.8 Å². The Kier molecular flexibility index (Phi) is 6.24. The van der Waals surface area contributed by atoms with E-state index in [1.807, 2.05) is 25.1 Å². The van der Waals surface area contributed by atoms with Crippen LogP contribution in [0.1, 0.15) is 44.5 Å². The average Bonchev–Trinajstić information content (AvgIpc) is 3.36. The summed E-state index contributed by atoms with van der Waals surface area (Å²) in [6.07, 6.45) is -0.241. The molecule has 0 saturated heterocycles. The number of aryl methyl sites for hydroxylation is 2. The molecule has 2 aromatic carbocycles. The highest BCUT2D eigenvalue weighted by molar-refractivity contribution is 5.95. The minimum atomic E-state index is -1.42. The number of carbonyl (C=O) groups excluding carboxylic acids is 1. The third-order valence-electron chi connectivity index (χ3n) is 6.53. The van der Waals surface area contributed by atoms with E-state index in [0.717, 1.165) is 28.8 Å². The van der Waals surface area contributed by atoms with Crippen molar-refractivity contribution < 1.29 is 33.0 Å². The molecule has 5 rings (SSSR count). The van der Waals surface area contributed by atoms with Crippen LogP contribution < -0.4 is 10.1 Å². The molecule has 0 unspecified atom stereocenters. The summed E-state index contributed by atoms with van der Waals surface area (Å²) in [5, 5.41) is 12.1. The van der Waals surface area contributed by atoms with Crippen LogP contribution in [0.3, 0.4) is 0 Å². The Labute approximate surface area is 210 Å². The van der Waals surface area contributed by atoms with Gasteiger partial charge in [0.25, 0.3) is 5.91 Å². The number of imidazole rings is 1. The largest absolute Gasteiger partial charge is 0.506 e. The molecule has 0 fully saturated rings. The molecule has 1 aliphatic carbocycles. The number of hydrogen-bond donors (Lipinski definition) is 2. The van der Waals surface area contributed by atoms with Crippen LogP contribution in [0.5, 0.6) is 5.75 Å². The van der Waals surface area contributed by atoms with Gasteiger partial charge in [0.05, 0.1) is 17.3 Å². The number of nitrogens with zero attached hydrogens (tertiary/aromatic N) is 2. The molecule has 1 amide bonds. The summed E-state index contributed by atoms with van der Waals surface area (Å²) in [6.45, 7) is 3.21. The summed E-state index contributed by atoms with van der Waals surface area (Å²) in [6, 6.07) is 11.7. The number of nitrogens with one attached hydrogen (secondary N) is 1. The highest BCUT2D eigenvalue weighted by atomic mass is 19.1. The topological polar surface area (TPSA) is 102 Å². The Morgan fingerprint density at radius 1 is 1.11 bits per heavy atom. The van der Waals surface area contributed by atoms with Crippen LogP contribution in [0, 0.1) is 25.5 Å². The minimum absolute atomic E-state index is 0.215. The summed E-state index contributed by atoms with van der Waals surface area (Å²) >= 11 is 0. The first-order chi connectivity index (χ1) is 17.7. The number of fused-ring (bicyclic) bond motifs is 2. The molecule has 8 nitrogen and oxygen atoms in total. The van der Waals surface area contributed by atoms with Crippen molar-refractivity contribution in [2.75, 3.05) is 0 Å². The molecule has 0 radical (unpaired) electrons. The molecule has 0 spiro atoms. The van der Waals surface area contributed by atoms with Gasteiger partial charge in [0.1, 0.15) is 30.0 Å². The molecule has 2 atom stereocenters. The maximum Gasteiger partial charge on any atom is 0.506 e. The zero-order chi connectivity index (χ0) is 26.3. The molecule has 0 bridgehead atoms. The van der Waals surface area contributed by atoms with Gasteiger partial charge in [-0.2, -0.15) is 0 Å². The van der Waals surface area contributed by atoms with Crippen molar-refractivity contribution in [1.29, 1.82) is 0 Å². The third-order valence-corrected chi connectivity index (χ3v) is 6.53. The number of carbonyl (C=O) groups is 2. The average molecular weight is 507 g/mol. The van der Waals surface area contributed by atoms with Gasteiger partial charge in [-0.3, -0.25) is 9.20 Å². The Morgan fingerprint density at radius 2 is 1.84 bits per heavy atom. The Bertz CT molecular complexity index is 1510. The first-order valence-electron chi connectivity index (χ1n) is 11.6. The lowest BCUT2D eigenvalue weighted by atomic mass is 10.0. The molecule has 2 aromatic heterocycles. The van der Waals surface area contributed by atoms with Crippen LogP contribution in [-0.4, -0.2) is 32.7 Å². The summed E-state index contributed by atoms with van der Waals surface area (Å²) in [7, 11) is 0. The van der Waals surface area contributed by atoms with Crippen molar-refractivity contribution in [2.45, 2.75) is 39.0 Å². The second kappa shape index (κ2) is 9.53. The van der Waals surface area contributed by atoms with Crippen molar-refractivity contribution in [3.63, 3.8) is 0 Å². The van der Waals surface area contributed by atoms with Gasteiger partial charge in [-0.25, -0.2) is 18.6 Å². The van der Waals surface area contributed by atoms with Gasteiger partial charge in [0.2, 0.25) is 0 Å². The van der Waals surface area contributed by atoms with Gasteiger partial charge in [0, 0.05) is 12.6 Å². The number of aromatic nitrogens is 2. The summed E-state index contributed by atoms with van der Waals surface area (Å²) in [4.78, 5) is 29.3. The van der Waals surface area contributed by atoms with E-state index in [2.05, 4.69) is 10.3 Å². The van der Waals surface area contributed by atoms with Crippen LogP contribution in [0.15, 0.2) is 54.7 Å². The summed E-state index contributed by atoms with van der Waals surface area (Å²) in [5.41, 5.74) is 3.39. The molecule has 1 aliphatic rings. The van der Waals surface area contributed by atoms with Crippen molar-refractivity contribution >= 4 is 17.7 Å². The highest BCUT2D eigenvalue weighted by Gasteiger charge is 2.38. The van der Waals surface area contributed by atoms with Crippen molar-refractivity contribution in [3.8, 4) is 5.75 Å². The van der Waals surface area contributed by atoms with Crippen LogP contribution in [-0.2, 0) is 17.8 Å². The van der Waals surface area contributed by atoms with Crippen LogP contribution in [0.4, 0.5) is 13.6 Å². The van der Waals surface area contributed by atoms with E-state index in [1.54, 1.807) is 25.3 Å². The molecule has 10 heteroatoms. The van der Waals surface area contributed by atoms with E-state index >= 15 is 0 Å². The fourth-order valence-electron chi connectivity index (χ4n) is 4.80. The van der Waals surface area contributed by atoms with E-state index in [4.69, 9.17) is 9.47 Å². The zero-order valence-electron chi connectivity index (χ0n) is 20.0. The van der Waals surface area contributed by atoms with Crippen LogP contribution in [0.2, 0.25) is 0 Å². The molecule has 2 N–H and O–H groups in total. The summed E-state index contributed by atoms with van der Waals surface area (Å²) in [5.74, 6) is -1.70. The molecule has 4 aromatic rings. The fraction of sp³-hybridized carbons (Fsp3) is 0.222. The Hall–Kier alpha value is -4.47. The van der Waals surface area contributed by atoms with Crippen LogP contribution >= 0.6 is 0 Å². The Morgan fingerprint density at radius 3 is 2.57 bits per heavy atom. The van der Waals surface area contributed by atoms with Crippen LogP contribution in [0.25, 0.3) is 5.65 Å². The van der Waals surface area contributed by atoms with Gasteiger partial charge < -0.3 is 19.9 Å². The van der Waals surface area contributed by atoms with Gasteiger partial charge in [-0.05, 0) is 54.8 Å². The van der Waals surface area contributed by atoms with E-state index in [9.17, 15) is 23.5 Å². The number of pyridine rings is 1. The number of carboxylic acid groups (broad SMARTS) is 1. The van der Waals surface area contributed by atoms with Crippen molar-refractivity contribution in [2.24, 2.45) is 0 Å². The first-order valence-corrected chi connectivity index (χ1v) is 11.6. The SMILES string of the molecule is Cc1cccc2c1C[C@@H](OC(=O)O)[C@H]2NC(=O)c1c(C)nc2c(OCc3c(F)cccc3F)cccn12. The number of rotatable bonds is 6. The number of ether oxygens (including phenoxy) is 2. The van der Waals surface area contributed by atoms with E-state index in [-0.39, 0.29) is 23.6 Å². The van der Waals surface area contributed by atoms with E-state index in [1.165, 1.54) is 10.5 Å². The van der Waals surface area contributed by atoms with Gasteiger partial charge in [0.15, 0.2) is 11.4 Å². The molecule has 0 saturated carbocycles. The monoisotopic (exact) mass is 507 g/mol. The number of amides is 1. The number of benzene rings is 2. The first kappa shape index (κ1) is 24.2. The quantitative estimate of drug-likeness (QED) is 0.360. The Balaban J connectivity index is 1.45. The lowest BCUT2D eigenvalue weighted by molar-refractivity contribution is 0.0382. The molecular formula is C27H23F2N3O5. The lowest BCUT2D eigenvalue weighted by Gasteiger charge is -2.21. The molecule has 37 heavy (non-hydrogen) atoms. The van der Waals surface area contributed by atoms with Crippen molar-refractivity contribution in [3.05, 3.63) is 100 Å². The molecule has 0 aliphatic heterocycles. The number of halogens is 2. The molecular weight excluding hydrogens is 484 g/mol. The number of hydrogen-bond acceptors (Lipinski definition) is 5. The highest BCUT2D eigenvalue weighted by Crippen LogP contribution is 2.36. The fourth-order valence-corrected chi connectivity index (χ4v) is 4.80. The normalized spacial score (nSPS) is 16.4.